The van der Waals surface area contributed by atoms with E-state index in [1.165, 1.54) is 0 Å². The van der Waals surface area contributed by atoms with Gasteiger partial charge in [0.1, 0.15) is 0 Å². The molecule has 0 saturated carbocycles. The molecule has 0 aliphatic heterocycles. The zero-order valence-electron chi connectivity index (χ0n) is 10.0. The first-order valence-electron chi connectivity index (χ1n) is 5.70. The van der Waals surface area contributed by atoms with Gasteiger partial charge in [-0.2, -0.15) is 0 Å². The molecule has 2 nitrogen and oxygen atoms in total. The molecule has 0 rings (SSSR count). The predicted molar refractivity (Wildman–Crippen MR) is 63.5 cm³/mol. The molecule has 0 aliphatic carbocycles. The Bertz CT molecular complexity index is 140. The molecule has 14 heavy (non-hydrogen) atoms. The first kappa shape index (κ1) is 13.9. The number of hydrogen-bond acceptors (Lipinski definition) is 2. The van der Waals surface area contributed by atoms with Crippen molar-refractivity contribution in [3.63, 3.8) is 0 Å². The van der Waals surface area contributed by atoms with Gasteiger partial charge in [-0.3, -0.25) is 0 Å². The largest absolute Gasteiger partial charge is 0.392 e. The molecule has 3 heteroatoms. The minimum atomic E-state index is -2.00. The third-order valence-electron chi connectivity index (χ3n) is 1.98. The molecule has 84 valence electrons. The monoisotopic (exact) mass is 216 g/mol. The van der Waals surface area contributed by atoms with Gasteiger partial charge < -0.3 is 8.85 Å². The Morgan fingerprint density at radius 3 is 1.93 bits per heavy atom. The van der Waals surface area contributed by atoms with E-state index in [9.17, 15) is 0 Å². The highest BCUT2D eigenvalue weighted by atomic mass is 28.4. The van der Waals surface area contributed by atoms with Crippen LogP contribution in [0.25, 0.3) is 0 Å². The van der Waals surface area contributed by atoms with Gasteiger partial charge in [-0.25, -0.2) is 0 Å². The molecule has 0 saturated heterocycles. The van der Waals surface area contributed by atoms with Crippen molar-refractivity contribution in [2.45, 2.75) is 46.6 Å². The first-order valence-corrected chi connectivity index (χ1v) is 7.80. The standard InChI is InChI=1S/C11H24O2Si/c1-5-9-11-14(10-6-2,12-7-3)13-8-4/h9,11H,5-8,10H2,1-4H3/b11-9+. The zero-order chi connectivity index (χ0) is 10.9. The lowest BCUT2D eigenvalue weighted by Gasteiger charge is -2.26. The Labute approximate surface area is 89.6 Å². The molecular formula is C11H24O2Si. The van der Waals surface area contributed by atoms with Crippen LogP contribution in [0.4, 0.5) is 0 Å². The summed E-state index contributed by atoms with van der Waals surface area (Å²) >= 11 is 0. The van der Waals surface area contributed by atoms with Crippen molar-refractivity contribution in [3.05, 3.63) is 11.8 Å². The van der Waals surface area contributed by atoms with Crippen molar-refractivity contribution in [2.24, 2.45) is 0 Å². The van der Waals surface area contributed by atoms with Crippen molar-refractivity contribution in [1.82, 2.24) is 0 Å². The average Bonchev–Trinajstić information content (AvgIpc) is 2.16. The van der Waals surface area contributed by atoms with E-state index in [-0.39, 0.29) is 0 Å². The Balaban J connectivity index is 4.45. The van der Waals surface area contributed by atoms with Gasteiger partial charge in [0.25, 0.3) is 0 Å². The molecular weight excluding hydrogens is 192 g/mol. The van der Waals surface area contributed by atoms with Gasteiger partial charge >= 0.3 is 8.56 Å². The minimum absolute atomic E-state index is 0.750. The molecule has 0 spiro atoms. The lowest BCUT2D eigenvalue weighted by atomic mass is 10.5. The molecule has 0 aliphatic rings. The fourth-order valence-corrected chi connectivity index (χ4v) is 4.50. The molecule has 0 unspecified atom stereocenters. The lowest BCUT2D eigenvalue weighted by molar-refractivity contribution is 0.194. The lowest BCUT2D eigenvalue weighted by Crippen LogP contribution is -2.40. The van der Waals surface area contributed by atoms with Crippen LogP contribution in [0.2, 0.25) is 6.04 Å². The van der Waals surface area contributed by atoms with E-state index in [1.807, 2.05) is 13.8 Å². The quantitative estimate of drug-likeness (QED) is 0.579. The topological polar surface area (TPSA) is 18.5 Å². The van der Waals surface area contributed by atoms with Gasteiger partial charge in [0, 0.05) is 13.2 Å². The van der Waals surface area contributed by atoms with Gasteiger partial charge in [-0.05, 0) is 32.0 Å². The highest BCUT2D eigenvalue weighted by Crippen LogP contribution is 2.18. The van der Waals surface area contributed by atoms with Gasteiger partial charge in [0.2, 0.25) is 0 Å². The van der Waals surface area contributed by atoms with E-state index < -0.39 is 8.56 Å². The van der Waals surface area contributed by atoms with Gasteiger partial charge in [-0.1, -0.05) is 26.3 Å². The van der Waals surface area contributed by atoms with Crippen molar-refractivity contribution in [3.8, 4) is 0 Å². The van der Waals surface area contributed by atoms with Crippen LogP contribution < -0.4 is 0 Å². The third kappa shape index (κ3) is 4.93. The second kappa shape index (κ2) is 8.21. The van der Waals surface area contributed by atoms with Crippen LogP contribution in [0.3, 0.4) is 0 Å². The summed E-state index contributed by atoms with van der Waals surface area (Å²) in [5.41, 5.74) is 2.20. The SMILES string of the molecule is CC/C=C/[Si](CCC)(OCC)OCC. The smallest absolute Gasteiger partial charge is 0.364 e. The van der Waals surface area contributed by atoms with E-state index in [0.29, 0.717) is 0 Å². The van der Waals surface area contributed by atoms with Crippen LogP contribution in [0.1, 0.15) is 40.5 Å². The molecule has 0 fully saturated rings. The molecule has 0 atom stereocenters. The van der Waals surface area contributed by atoms with Crippen LogP contribution in [0.15, 0.2) is 11.8 Å². The second-order valence-electron chi connectivity index (χ2n) is 3.24. The molecule has 0 N–H and O–H groups in total. The second-order valence-corrected chi connectivity index (χ2v) is 6.27. The summed E-state index contributed by atoms with van der Waals surface area (Å²) in [5.74, 6) is 0. The summed E-state index contributed by atoms with van der Waals surface area (Å²) in [6.07, 6.45) is 4.35. The Morgan fingerprint density at radius 1 is 1.00 bits per heavy atom. The highest BCUT2D eigenvalue weighted by molar-refractivity contribution is 6.72. The van der Waals surface area contributed by atoms with Crippen LogP contribution in [-0.2, 0) is 8.85 Å². The van der Waals surface area contributed by atoms with E-state index >= 15 is 0 Å². The van der Waals surface area contributed by atoms with E-state index in [4.69, 9.17) is 8.85 Å². The Hall–Kier alpha value is -0.123. The van der Waals surface area contributed by atoms with Crippen molar-refractivity contribution in [1.29, 1.82) is 0 Å². The average molecular weight is 216 g/mol. The fourth-order valence-electron chi connectivity index (χ4n) is 1.50. The summed E-state index contributed by atoms with van der Waals surface area (Å²) in [4.78, 5) is 0. The minimum Gasteiger partial charge on any atom is -0.392 e. The Kier molecular flexibility index (Phi) is 8.13. The number of rotatable bonds is 8. The van der Waals surface area contributed by atoms with Crippen LogP contribution in [0.5, 0.6) is 0 Å². The van der Waals surface area contributed by atoms with Gasteiger partial charge in [0.15, 0.2) is 0 Å². The Morgan fingerprint density at radius 2 is 1.57 bits per heavy atom. The van der Waals surface area contributed by atoms with Crippen molar-refractivity contribution >= 4 is 8.56 Å². The summed E-state index contributed by atoms with van der Waals surface area (Å²) < 4.78 is 11.7. The maximum atomic E-state index is 5.84. The molecule has 0 radical (unpaired) electrons. The first-order chi connectivity index (χ1) is 6.74. The third-order valence-corrected chi connectivity index (χ3v) is 5.48. The van der Waals surface area contributed by atoms with E-state index in [1.54, 1.807) is 0 Å². The normalized spacial score (nSPS) is 12.6. The summed E-state index contributed by atoms with van der Waals surface area (Å²) in [6.45, 7) is 9.89. The molecule has 0 heterocycles. The predicted octanol–water partition coefficient (Wildman–Crippen LogP) is 3.42. The molecule has 0 amide bonds. The summed E-state index contributed by atoms with van der Waals surface area (Å²) in [6, 6.07) is 1.06. The van der Waals surface area contributed by atoms with Crippen LogP contribution in [0, 0.1) is 0 Å². The number of hydrogen-bond donors (Lipinski definition) is 0. The molecule has 0 aromatic heterocycles. The van der Waals surface area contributed by atoms with E-state index in [0.717, 1.165) is 32.1 Å². The van der Waals surface area contributed by atoms with Crippen molar-refractivity contribution < 1.29 is 8.85 Å². The molecule has 0 aromatic rings. The molecule has 0 bridgehead atoms. The number of allylic oxidation sites excluding steroid dienone is 1. The van der Waals surface area contributed by atoms with Crippen LogP contribution >= 0.6 is 0 Å². The van der Waals surface area contributed by atoms with Gasteiger partial charge in [0.05, 0.1) is 0 Å². The fraction of sp³-hybridized carbons (Fsp3) is 0.818. The summed E-state index contributed by atoms with van der Waals surface area (Å²) in [7, 11) is -2.00. The summed E-state index contributed by atoms with van der Waals surface area (Å²) in [5, 5.41) is 0. The van der Waals surface area contributed by atoms with Gasteiger partial charge in [-0.15, -0.1) is 0 Å². The van der Waals surface area contributed by atoms with Crippen LogP contribution in [-0.4, -0.2) is 21.8 Å². The zero-order valence-corrected chi connectivity index (χ0v) is 11.0. The maximum Gasteiger partial charge on any atom is 0.364 e. The molecule has 0 aromatic carbocycles. The van der Waals surface area contributed by atoms with Crippen molar-refractivity contribution in [2.75, 3.05) is 13.2 Å². The van der Waals surface area contributed by atoms with E-state index in [2.05, 4.69) is 25.6 Å². The maximum absolute atomic E-state index is 5.84. The highest BCUT2D eigenvalue weighted by Gasteiger charge is 2.32.